The molecule has 0 aliphatic rings. The number of para-hydroxylation sites is 2. The highest BCUT2D eigenvalue weighted by atomic mass is 16.5. The van der Waals surface area contributed by atoms with Gasteiger partial charge in [-0.1, -0.05) is 48.5 Å². The average Bonchev–Trinajstić information content (AvgIpc) is 3.27. The molecule has 0 aliphatic heterocycles. The van der Waals surface area contributed by atoms with E-state index in [1.165, 1.54) is 0 Å². The van der Waals surface area contributed by atoms with E-state index in [-0.39, 0.29) is 25.5 Å². The summed E-state index contributed by atoms with van der Waals surface area (Å²) in [4.78, 5) is 25.8. The molecule has 0 unspecified atom stereocenters. The number of aliphatic hydroxyl groups is 2. The van der Waals surface area contributed by atoms with Crippen LogP contribution in [0.3, 0.4) is 0 Å². The summed E-state index contributed by atoms with van der Waals surface area (Å²) in [6.07, 6.45) is -0.305. The van der Waals surface area contributed by atoms with Crippen LogP contribution in [0.4, 0.5) is 10.5 Å². The van der Waals surface area contributed by atoms with Crippen molar-refractivity contribution in [2.45, 2.75) is 18.6 Å². The topological polar surface area (TPSA) is 124 Å². The Morgan fingerprint density at radius 2 is 1.68 bits per heavy atom. The highest BCUT2D eigenvalue weighted by molar-refractivity contribution is 6.12. The van der Waals surface area contributed by atoms with Crippen LogP contribution in [-0.4, -0.2) is 68.7 Å². The average molecular weight is 518 g/mol. The molecule has 0 fully saturated rings. The number of hydrogen-bond acceptors (Lipinski definition) is 5. The van der Waals surface area contributed by atoms with Crippen molar-refractivity contribution < 1.29 is 29.6 Å². The minimum Gasteiger partial charge on any atom is -0.491 e. The third-order valence-corrected chi connectivity index (χ3v) is 6.31. The van der Waals surface area contributed by atoms with Crippen molar-refractivity contribution in [3.05, 3.63) is 96.2 Å². The number of aryl methyl sites for hydroxylation is 1. The zero-order valence-electron chi connectivity index (χ0n) is 21.0. The van der Waals surface area contributed by atoms with Gasteiger partial charge in [-0.25, -0.2) is 4.79 Å². The predicted molar refractivity (Wildman–Crippen MR) is 145 cm³/mol. The summed E-state index contributed by atoms with van der Waals surface area (Å²) in [5.41, 5.74) is 2.89. The lowest BCUT2D eigenvalue weighted by molar-refractivity contribution is 0.0388. The Hall–Kier alpha value is -4.34. The van der Waals surface area contributed by atoms with Gasteiger partial charge >= 0.3 is 6.09 Å². The molecule has 198 valence electrons. The van der Waals surface area contributed by atoms with Crippen molar-refractivity contribution in [3.8, 4) is 5.75 Å². The number of carboxylic acid groups (broad SMARTS) is 1. The quantitative estimate of drug-likeness (QED) is 0.240. The van der Waals surface area contributed by atoms with Gasteiger partial charge in [0, 0.05) is 29.8 Å². The number of fused-ring (bicyclic) bond motifs is 1. The molecule has 0 aliphatic carbocycles. The maximum Gasteiger partial charge on any atom is 0.407 e. The Bertz CT molecular complexity index is 1370. The van der Waals surface area contributed by atoms with Crippen LogP contribution in [0.25, 0.3) is 10.9 Å². The lowest BCUT2D eigenvalue weighted by atomic mass is 10.0. The SMILES string of the molecule is Cn1cc(C(=O)Nc2ccc(C[C@@H](CO)N(C[C@H](O)COc3ccccc3)C(=O)O)cc2)c2ccccc21. The van der Waals surface area contributed by atoms with Gasteiger partial charge in [0.25, 0.3) is 5.91 Å². The van der Waals surface area contributed by atoms with Crippen molar-refractivity contribution in [2.24, 2.45) is 7.05 Å². The number of ether oxygens (including phenoxy) is 1. The molecule has 0 spiro atoms. The van der Waals surface area contributed by atoms with Crippen LogP contribution in [0.2, 0.25) is 0 Å². The lowest BCUT2D eigenvalue weighted by Gasteiger charge is -2.30. The molecule has 1 aromatic heterocycles. The van der Waals surface area contributed by atoms with Gasteiger partial charge in [-0.2, -0.15) is 0 Å². The number of hydrogen-bond donors (Lipinski definition) is 4. The molecule has 0 bridgehead atoms. The Kier molecular flexibility index (Phi) is 8.62. The minimum absolute atomic E-state index is 0.0863. The summed E-state index contributed by atoms with van der Waals surface area (Å²) in [7, 11) is 1.89. The van der Waals surface area contributed by atoms with Crippen LogP contribution >= 0.6 is 0 Å². The Morgan fingerprint density at radius 3 is 2.37 bits per heavy atom. The van der Waals surface area contributed by atoms with Crippen molar-refractivity contribution >= 4 is 28.6 Å². The number of benzene rings is 3. The van der Waals surface area contributed by atoms with Gasteiger partial charge in [0.2, 0.25) is 0 Å². The first-order valence-corrected chi connectivity index (χ1v) is 12.3. The van der Waals surface area contributed by atoms with Gasteiger partial charge < -0.3 is 34.8 Å². The summed E-state index contributed by atoms with van der Waals surface area (Å²) in [5, 5.41) is 33.8. The molecule has 3 aromatic carbocycles. The van der Waals surface area contributed by atoms with Crippen LogP contribution in [0, 0.1) is 0 Å². The van der Waals surface area contributed by atoms with Crippen LogP contribution in [-0.2, 0) is 13.5 Å². The number of rotatable bonds is 11. The fraction of sp³-hybridized carbons (Fsp3) is 0.241. The smallest absolute Gasteiger partial charge is 0.407 e. The first-order chi connectivity index (χ1) is 18.4. The van der Waals surface area contributed by atoms with Crippen LogP contribution in [0.15, 0.2) is 85.1 Å². The van der Waals surface area contributed by atoms with Gasteiger partial charge in [-0.15, -0.1) is 0 Å². The maximum atomic E-state index is 12.9. The number of nitrogens with zero attached hydrogens (tertiary/aromatic N) is 2. The molecular formula is C29H31N3O6. The predicted octanol–water partition coefficient (Wildman–Crippen LogP) is 3.75. The Morgan fingerprint density at radius 1 is 1.00 bits per heavy atom. The first kappa shape index (κ1) is 26.7. The molecule has 4 rings (SSSR count). The number of amides is 2. The van der Waals surface area contributed by atoms with Gasteiger partial charge in [0.1, 0.15) is 18.5 Å². The zero-order chi connectivity index (χ0) is 27.1. The molecule has 38 heavy (non-hydrogen) atoms. The Balaban J connectivity index is 1.37. The van der Waals surface area contributed by atoms with E-state index in [1.54, 1.807) is 54.7 Å². The molecule has 4 N–H and O–H groups in total. The van der Waals surface area contributed by atoms with E-state index in [0.29, 0.717) is 17.0 Å². The minimum atomic E-state index is -1.25. The van der Waals surface area contributed by atoms with Crippen molar-refractivity contribution in [1.82, 2.24) is 9.47 Å². The summed E-state index contributed by atoms with van der Waals surface area (Å²) in [6, 6.07) is 22.8. The van der Waals surface area contributed by atoms with E-state index in [0.717, 1.165) is 21.4 Å². The molecule has 9 nitrogen and oxygen atoms in total. The summed E-state index contributed by atoms with van der Waals surface area (Å²) in [6.45, 7) is -0.721. The molecule has 0 saturated heterocycles. The molecule has 2 atom stereocenters. The maximum absolute atomic E-state index is 12.9. The van der Waals surface area contributed by atoms with Crippen LogP contribution in [0.5, 0.6) is 5.75 Å². The van der Waals surface area contributed by atoms with Gasteiger partial charge in [0.05, 0.1) is 24.8 Å². The van der Waals surface area contributed by atoms with E-state index in [2.05, 4.69) is 5.32 Å². The number of aliphatic hydroxyl groups excluding tert-OH is 2. The van der Waals surface area contributed by atoms with Crippen molar-refractivity contribution in [2.75, 3.05) is 25.1 Å². The number of carbonyl (C=O) groups is 2. The fourth-order valence-corrected chi connectivity index (χ4v) is 4.36. The van der Waals surface area contributed by atoms with Crippen molar-refractivity contribution in [3.63, 3.8) is 0 Å². The fourth-order valence-electron chi connectivity index (χ4n) is 4.36. The zero-order valence-corrected chi connectivity index (χ0v) is 21.0. The largest absolute Gasteiger partial charge is 0.491 e. The molecule has 1 heterocycles. The van der Waals surface area contributed by atoms with Crippen molar-refractivity contribution in [1.29, 1.82) is 0 Å². The number of carbonyl (C=O) groups excluding carboxylic acids is 1. The van der Waals surface area contributed by atoms with Crippen LogP contribution in [0.1, 0.15) is 15.9 Å². The first-order valence-electron chi connectivity index (χ1n) is 12.3. The molecule has 4 aromatic rings. The van der Waals surface area contributed by atoms with E-state index in [9.17, 15) is 24.9 Å². The molecule has 9 heteroatoms. The third-order valence-electron chi connectivity index (χ3n) is 6.31. The monoisotopic (exact) mass is 517 g/mol. The molecular weight excluding hydrogens is 486 g/mol. The third kappa shape index (κ3) is 6.50. The number of anilines is 1. The Labute approximate surface area is 220 Å². The second-order valence-corrected chi connectivity index (χ2v) is 9.08. The summed E-state index contributed by atoms with van der Waals surface area (Å²) in [5.74, 6) is 0.339. The highest BCUT2D eigenvalue weighted by Gasteiger charge is 2.26. The van der Waals surface area contributed by atoms with Gasteiger partial charge in [-0.05, 0) is 42.3 Å². The van der Waals surface area contributed by atoms with Gasteiger partial charge in [-0.3, -0.25) is 4.79 Å². The molecule has 0 radical (unpaired) electrons. The van der Waals surface area contributed by atoms with E-state index in [4.69, 9.17) is 4.74 Å². The van der Waals surface area contributed by atoms with Crippen LogP contribution < -0.4 is 10.1 Å². The number of aromatic nitrogens is 1. The normalized spacial score (nSPS) is 12.6. The summed E-state index contributed by atoms with van der Waals surface area (Å²) < 4.78 is 7.42. The van der Waals surface area contributed by atoms with E-state index >= 15 is 0 Å². The second kappa shape index (κ2) is 12.3. The van der Waals surface area contributed by atoms with Gasteiger partial charge in [0.15, 0.2) is 0 Å². The standard InChI is InChI=1S/C29H31N3O6/c1-31-17-26(25-9-5-6-10-27(25)31)28(35)30-21-13-11-20(12-14-21)15-22(18-33)32(29(36)37)16-23(34)19-38-24-7-3-2-4-8-24/h2-14,17,22-23,33-34H,15-16,18-19H2,1H3,(H,30,35)(H,36,37)/t22-,23-/m0/s1. The highest BCUT2D eigenvalue weighted by Crippen LogP contribution is 2.22. The second-order valence-electron chi connectivity index (χ2n) is 9.08. The van der Waals surface area contributed by atoms with E-state index in [1.807, 2.05) is 41.9 Å². The summed E-state index contributed by atoms with van der Waals surface area (Å²) >= 11 is 0. The molecule has 0 saturated carbocycles. The molecule has 2 amide bonds. The van der Waals surface area contributed by atoms with E-state index < -0.39 is 24.8 Å². The lowest BCUT2D eigenvalue weighted by Crippen LogP contribution is -2.48. The number of nitrogens with one attached hydrogen (secondary N) is 1.